The number of anilines is 1. The zero-order valence-electron chi connectivity index (χ0n) is 8.38. The van der Waals surface area contributed by atoms with Crippen molar-refractivity contribution in [3.05, 3.63) is 28.2 Å². The molecular weight excluding hydrogens is 237 g/mol. The minimum atomic E-state index is -0.544. The van der Waals surface area contributed by atoms with E-state index in [1.54, 1.807) is 25.1 Å². The molecule has 15 heavy (non-hydrogen) atoms. The Kier molecular flexibility index (Phi) is 4.39. The maximum atomic E-state index is 11.5. The van der Waals surface area contributed by atoms with E-state index in [4.69, 9.17) is 27.9 Å². The van der Waals surface area contributed by atoms with Crippen LogP contribution in [0.15, 0.2) is 18.2 Å². The van der Waals surface area contributed by atoms with E-state index in [9.17, 15) is 4.79 Å². The smallest absolute Gasteiger partial charge is 0.253 e. The first-order valence-corrected chi connectivity index (χ1v) is 5.09. The van der Waals surface area contributed by atoms with Crippen molar-refractivity contribution >= 4 is 34.8 Å². The van der Waals surface area contributed by atoms with Gasteiger partial charge in [0.25, 0.3) is 5.91 Å². The first kappa shape index (κ1) is 12.3. The molecular formula is C10H11Cl2NO2. The summed E-state index contributed by atoms with van der Waals surface area (Å²) in [6.07, 6.45) is -0.544. The van der Waals surface area contributed by atoms with Gasteiger partial charge in [-0.25, -0.2) is 0 Å². The van der Waals surface area contributed by atoms with Crippen molar-refractivity contribution in [2.24, 2.45) is 0 Å². The van der Waals surface area contributed by atoms with Crippen LogP contribution in [0.5, 0.6) is 0 Å². The van der Waals surface area contributed by atoms with E-state index in [0.717, 1.165) is 0 Å². The van der Waals surface area contributed by atoms with E-state index >= 15 is 0 Å². The highest BCUT2D eigenvalue weighted by molar-refractivity contribution is 6.39. The standard InChI is InChI=1S/C10H11Cl2NO2/c1-6(15-2)10(14)13-9-7(11)4-3-5-8(9)12/h3-6H,1-2H3,(H,13,14). The van der Waals surface area contributed by atoms with Gasteiger partial charge < -0.3 is 10.1 Å². The number of amides is 1. The number of nitrogens with one attached hydrogen (secondary N) is 1. The average molecular weight is 248 g/mol. The van der Waals surface area contributed by atoms with Gasteiger partial charge in [-0.1, -0.05) is 29.3 Å². The summed E-state index contributed by atoms with van der Waals surface area (Å²) in [5, 5.41) is 3.41. The molecule has 0 radical (unpaired) electrons. The Hall–Kier alpha value is -0.770. The predicted octanol–water partition coefficient (Wildman–Crippen LogP) is 2.97. The van der Waals surface area contributed by atoms with E-state index < -0.39 is 6.10 Å². The van der Waals surface area contributed by atoms with Crippen LogP contribution in [0.2, 0.25) is 10.0 Å². The van der Waals surface area contributed by atoms with Crippen LogP contribution < -0.4 is 5.32 Å². The number of methoxy groups -OCH3 is 1. The molecule has 0 saturated heterocycles. The van der Waals surface area contributed by atoms with Gasteiger partial charge in [0.1, 0.15) is 6.10 Å². The second-order valence-corrected chi connectivity index (χ2v) is 3.78. The van der Waals surface area contributed by atoms with E-state index in [2.05, 4.69) is 5.32 Å². The molecule has 0 heterocycles. The Morgan fingerprint density at radius 1 is 1.40 bits per heavy atom. The molecule has 1 aromatic carbocycles. The number of rotatable bonds is 3. The molecule has 0 saturated carbocycles. The molecule has 1 N–H and O–H groups in total. The maximum absolute atomic E-state index is 11.5. The average Bonchev–Trinajstić information content (AvgIpc) is 2.22. The summed E-state index contributed by atoms with van der Waals surface area (Å²) in [7, 11) is 1.46. The Morgan fingerprint density at radius 2 is 1.93 bits per heavy atom. The van der Waals surface area contributed by atoms with E-state index in [-0.39, 0.29) is 5.91 Å². The Bertz CT molecular complexity index is 348. The van der Waals surface area contributed by atoms with Crippen molar-refractivity contribution < 1.29 is 9.53 Å². The molecule has 0 fully saturated rings. The van der Waals surface area contributed by atoms with Crippen LogP contribution in [0.3, 0.4) is 0 Å². The highest BCUT2D eigenvalue weighted by Gasteiger charge is 2.14. The third-order valence-corrected chi connectivity index (χ3v) is 2.56. The second kappa shape index (κ2) is 5.35. The van der Waals surface area contributed by atoms with Gasteiger partial charge in [0.2, 0.25) is 0 Å². The van der Waals surface area contributed by atoms with Crippen molar-refractivity contribution in [2.45, 2.75) is 13.0 Å². The Morgan fingerprint density at radius 3 is 2.40 bits per heavy atom. The van der Waals surface area contributed by atoms with Gasteiger partial charge in [-0.05, 0) is 19.1 Å². The van der Waals surface area contributed by atoms with Crippen LogP contribution in [0.4, 0.5) is 5.69 Å². The fraction of sp³-hybridized carbons (Fsp3) is 0.300. The molecule has 3 nitrogen and oxygen atoms in total. The fourth-order valence-electron chi connectivity index (χ4n) is 0.949. The number of benzene rings is 1. The molecule has 1 aromatic rings. The summed E-state index contributed by atoms with van der Waals surface area (Å²) in [6.45, 7) is 1.64. The largest absolute Gasteiger partial charge is 0.372 e. The molecule has 82 valence electrons. The summed E-state index contributed by atoms with van der Waals surface area (Å²) in [5.74, 6) is -0.285. The lowest BCUT2D eigenvalue weighted by atomic mass is 10.3. The highest BCUT2D eigenvalue weighted by atomic mass is 35.5. The molecule has 1 atom stereocenters. The lowest BCUT2D eigenvalue weighted by Gasteiger charge is -2.12. The van der Waals surface area contributed by atoms with Crippen molar-refractivity contribution in [3.63, 3.8) is 0 Å². The van der Waals surface area contributed by atoms with Crippen molar-refractivity contribution in [3.8, 4) is 0 Å². The molecule has 5 heteroatoms. The molecule has 0 bridgehead atoms. The minimum absolute atomic E-state index is 0.285. The quantitative estimate of drug-likeness (QED) is 0.892. The lowest BCUT2D eigenvalue weighted by Crippen LogP contribution is -2.26. The van der Waals surface area contributed by atoms with Gasteiger partial charge in [-0.2, -0.15) is 0 Å². The van der Waals surface area contributed by atoms with Gasteiger partial charge in [0, 0.05) is 7.11 Å². The molecule has 0 spiro atoms. The number of carbonyl (C=O) groups is 1. The van der Waals surface area contributed by atoms with Crippen molar-refractivity contribution in [1.82, 2.24) is 0 Å². The fourth-order valence-corrected chi connectivity index (χ4v) is 1.44. The van der Waals surface area contributed by atoms with Crippen LogP contribution in [0.1, 0.15) is 6.92 Å². The number of para-hydroxylation sites is 1. The molecule has 0 aliphatic rings. The molecule has 1 rings (SSSR count). The van der Waals surface area contributed by atoms with Crippen LogP contribution in [-0.2, 0) is 9.53 Å². The maximum Gasteiger partial charge on any atom is 0.253 e. The van der Waals surface area contributed by atoms with Gasteiger partial charge in [0.05, 0.1) is 15.7 Å². The van der Waals surface area contributed by atoms with Crippen LogP contribution in [0, 0.1) is 0 Å². The molecule has 0 aliphatic heterocycles. The van der Waals surface area contributed by atoms with Gasteiger partial charge in [0.15, 0.2) is 0 Å². The SMILES string of the molecule is COC(C)C(=O)Nc1c(Cl)cccc1Cl. The van der Waals surface area contributed by atoms with E-state index in [1.165, 1.54) is 7.11 Å². The lowest BCUT2D eigenvalue weighted by molar-refractivity contribution is -0.124. The molecule has 0 aromatic heterocycles. The second-order valence-electron chi connectivity index (χ2n) is 2.96. The predicted molar refractivity (Wildman–Crippen MR) is 61.6 cm³/mol. The number of hydrogen-bond donors (Lipinski definition) is 1. The summed E-state index contributed by atoms with van der Waals surface area (Å²) in [6, 6.07) is 5.01. The third kappa shape index (κ3) is 3.09. The van der Waals surface area contributed by atoms with Gasteiger partial charge >= 0.3 is 0 Å². The number of carbonyl (C=O) groups excluding carboxylic acids is 1. The van der Waals surface area contributed by atoms with Crippen molar-refractivity contribution in [2.75, 3.05) is 12.4 Å². The summed E-state index contributed by atoms with van der Waals surface area (Å²) in [5.41, 5.74) is 0.412. The van der Waals surface area contributed by atoms with Crippen LogP contribution in [-0.4, -0.2) is 19.1 Å². The Balaban J connectivity index is 2.85. The molecule has 1 unspecified atom stereocenters. The zero-order chi connectivity index (χ0) is 11.4. The highest BCUT2D eigenvalue weighted by Crippen LogP contribution is 2.29. The topological polar surface area (TPSA) is 38.3 Å². The number of halogens is 2. The van der Waals surface area contributed by atoms with Crippen molar-refractivity contribution in [1.29, 1.82) is 0 Å². The van der Waals surface area contributed by atoms with E-state index in [0.29, 0.717) is 15.7 Å². The molecule has 0 aliphatic carbocycles. The summed E-state index contributed by atoms with van der Waals surface area (Å²) >= 11 is 11.8. The first-order valence-electron chi connectivity index (χ1n) is 4.34. The van der Waals surface area contributed by atoms with Crippen LogP contribution in [0.25, 0.3) is 0 Å². The van der Waals surface area contributed by atoms with E-state index in [1.807, 2.05) is 0 Å². The monoisotopic (exact) mass is 247 g/mol. The summed E-state index contributed by atoms with van der Waals surface area (Å²) in [4.78, 5) is 11.5. The van der Waals surface area contributed by atoms with Crippen LogP contribution >= 0.6 is 23.2 Å². The summed E-state index contributed by atoms with van der Waals surface area (Å²) < 4.78 is 4.87. The van der Waals surface area contributed by atoms with Gasteiger partial charge in [-0.3, -0.25) is 4.79 Å². The zero-order valence-corrected chi connectivity index (χ0v) is 9.89. The third-order valence-electron chi connectivity index (χ3n) is 1.93. The Labute approximate surface area is 98.3 Å². The first-order chi connectivity index (χ1) is 7.06. The van der Waals surface area contributed by atoms with Gasteiger partial charge in [-0.15, -0.1) is 0 Å². The minimum Gasteiger partial charge on any atom is -0.372 e. The number of hydrogen-bond acceptors (Lipinski definition) is 2. The normalized spacial score (nSPS) is 12.3. The number of ether oxygens (including phenoxy) is 1. The molecule has 1 amide bonds.